The lowest BCUT2D eigenvalue weighted by Gasteiger charge is -2.22. The van der Waals surface area contributed by atoms with Gasteiger partial charge in [0.15, 0.2) is 0 Å². The smallest absolute Gasteiger partial charge is 0.246 e. The fourth-order valence-electron chi connectivity index (χ4n) is 1.27. The molecule has 8 heteroatoms. The zero-order valence-corrected chi connectivity index (χ0v) is 12.0. The molecule has 0 amide bonds. The lowest BCUT2D eigenvalue weighted by atomic mass is 10.4. The lowest BCUT2D eigenvalue weighted by Crippen LogP contribution is -2.39. The second-order valence-corrected chi connectivity index (χ2v) is 5.79. The van der Waals surface area contributed by atoms with Crippen molar-refractivity contribution in [3.8, 4) is 0 Å². The molecule has 0 aliphatic heterocycles. The van der Waals surface area contributed by atoms with Gasteiger partial charge in [-0.15, -0.1) is 12.4 Å². The molecular formula is C9H19ClN4O2S. The lowest BCUT2D eigenvalue weighted by molar-refractivity contribution is 0.394. The standard InChI is InChI=1S/C9H18N4O2S.ClH/c1-7(5-10)13(4)16(14,15)9-6-11-12(3)8(9)2;/h6-7H,5,10H2,1-4H3;1H. The summed E-state index contributed by atoms with van der Waals surface area (Å²) in [5, 5.41) is 3.93. The van der Waals surface area contributed by atoms with Crippen LogP contribution in [0.2, 0.25) is 0 Å². The van der Waals surface area contributed by atoms with E-state index < -0.39 is 10.0 Å². The zero-order chi connectivity index (χ0) is 12.5. The van der Waals surface area contributed by atoms with Gasteiger partial charge in [-0.25, -0.2) is 8.42 Å². The molecule has 2 N–H and O–H groups in total. The number of hydrogen-bond acceptors (Lipinski definition) is 4. The average molecular weight is 283 g/mol. The fraction of sp³-hybridized carbons (Fsp3) is 0.667. The molecule has 0 radical (unpaired) electrons. The highest BCUT2D eigenvalue weighted by atomic mass is 35.5. The Hall–Kier alpha value is -0.630. The Morgan fingerprint density at radius 1 is 1.59 bits per heavy atom. The van der Waals surface area contributed by atoms with Crippen LogP contribution in [0.15, 0.2) is 11.1 Å². The number of aromatic nitrogens is 2. The monoisotopic (exact) mass is 282 g/mol. The SMILES string of the molecule is Cc1c(S(=O)(=O)N(C)C(C)CN)cnn1C.Cl. The first-order valence-corrected chi connectivity index (χ1v) is 6.43. The van der Waals surface area contributed by atoms with E-state index in [2.05, 4.69) is 5.10 Å². The highest BCUT2D eigenvalue weighted by Gasteiger charge is 2.27. The van der Waals surface area contributed by atoms with E-state index in [1.54, 1.807) is 20.9 Å². The highest BCUT2D eigenvalue weighted by Crippen LogP contribution is 2.19. The summed E-state index contributed by atoms with van der Waals surface area (Å²) in [6.07, 6.45) is 1.37. The summed E-state index contributed by atoms with van der Waals surface area (Å²) >= 11 is 0. The number of nitrogens with zero attached hydrogens (tertiary/aromatic N) is 3. The fourth-order valence-corrected chi connectivity index (χ4v) is 2.83. The number of nitrogens with two attached hydrogens (primary N) is 1. The molecule has 1 aromatic rings. The molecule has 0 aromatic carbocycles. The van der Waals surface area contributed by atoms with Crippen LogP contribution < -0.4 is 5.73 Å². The van der Waals surface area contributed by atoms with E-state index in [0.29, 0.717) is 5.69 Å². The molecule has 0 spiro atoms. The van der Waals surface area contributed by atoms with Crippen LogP contribution in [0.4, 0.5) is 0 Å². The number of halogens is 1. The Morgan fingerprint density at radius 2 is 2.12 bits per heavy atom. The minimum atomic E-state index is -3.49. The molecule has 0 bridgehead atoms. The molecule has 0 aliphatic carbocycles. The molecule has 1 aromatic heterocycles. The number of hydrogen-bond donors (Lipinski definition) is 1. The van der Waals surface area contributed by atoms with Crippen LogP contribution in [-0.2, 0) is 17.1 Å². The van der Waals surface area contributed by atoms with Gasteiger partial charge >= 0.3 is 0 Å². The van der Waals surface area contributed by atoms with E-state index in [1.165, 1.54) is 22.2 Å². The molecule has 1 heterocycles. The minimum Gasteiger partial charge on any atom is -0.329 e. The van der Waals surface area contributed by atoms with Gasteiger partial charge < -0.3 is 5.73 Å². The molecule has 1 rings (SSSR count). The van der Waals surface area contributed by atoms with Crippen LogP contribution in [0.5, 0.6) is 0 Å². The Kier molecular flexibility index (Phi) is 5.60. The summed E-state index contributed by atoms with van der Waals surface area (Å²) in [5.74, 6) is 0. The number of aryl methyl sites for hydroxylation is 1. The third kappa shape index (κ3) is 2.98. The molecular weight excluding hydrogens is 264 g/mol. The molecule has 0 fully saturated rings. The summed E-state index contributed by atoms with van der Waals surface area (Å²) in [6, 6.07) is -0.232. The van der Waals surface area contributed by atoms with Gasteiger partial charge in [-0.3, -0.25) is 4.68 Å². The van der Waals surface area contributed by atoms with Gasteiger partial charge in [-0.1, -0.05) is 0 Å². The maximum absolute atomic E-state index is 12.2. The van der Waals surface area contributed by atoms with Crippen LogP contribution in [0, 0.1) is 6.92 Å². The van der Waals surface area contributed by atoms with Gasteiger partial charge in [0, 0.05) is 26.7 Å². The van der Waals surface area contributed by atoms with E-state index in [4.69, 9.17) is 5.73 Å². The Morgan fingerprint density at radius 3 is 2.47 bits per heavy atom. The maximum atomic E-state index is 12.2. The summed E-state index contributed by atoms with van der Waals surface area (Å²) in [4.78, 5) is 0.234. The zero-order valence-electron chi connectivity index (χ0n) is 10.4. The van der Waals surface area contributed by atoms with Crippen LogP contribution >= 0.6 is 12.4 Å². The second kappa shape index (κ2) is 5.81. The Balaban J connectivity index is 0.00000256. The molecule has 17 heavy (non-hydrogen) atoms. The van der Waals surface area contributed by atoms with Crippen molar-refractivity contribution in [2.24, 2.45) is 12.8 Å². The third-order valence-electron chi connectivity index (χ3n) is 2.81. The molecule has 100 valence electrons. The Labute approximate surface area is 108 Å². The predicted octanol–water partition coefficient (Wildman–Crippen LogP) is 0.118. The largest absolute Gasteiger partial charge is 0.329 e. The number of sulfonamides is 1. The van der Waals surface area contributed by atoms with E-state index >= 15 is 0 Å². The molecule has 1 unspecified atom stereocenters. The van der Waals surface area contributed by atoms with Crippen LogP contribution in [0.1, 0.15) is 12.6 Å². The first-order valence-electron chi connectivity index (χ1n) is 4.99. The van der Waals surface area contributed by atoms with Crippen molar-refractivity contribution in [2.75, 3.05) is 13.6 Å². The molecule has 0 saturated carbocycles. The highest BCUT2D eigenvalue weighted by molar-refractivity contribution is 7.89. The van der Waals surface area contributed by atoms with Gasteiger partial charge in [-0.05, 0) is 13.8 Å². The molecule has 1 atom stereocenters. The van der Waals surface area contributed by atoms with Crippen molar-refractivity contribution >= 4 is 22.4 Å². The normalized spacial score (nSPS) is 13.5. The van der Waals surface area contributed by atoms with Gasteiger partial charge in [-0.2, -0.15) is 9.40 Å². The van der Waals surface area contributed by atoms with Crippen molar-refractivity contribution in [3.05, 3.63) is 11.9 Å². The molecule has 0 saturated heterocycles. The predicted molar refractivity (Wildman–Crippen MR) is 68.7 cm³/mol. The van der Waals surface area contributed by atoms with Crippen molar-refractivity contribution < 1.29 is 8.42 Å². The summed E-state index contributed by atoms with van der Waals surface area (Å²) in [5.41, 5.74) is 6.09. The summed E-state index contributed by atoms with van der Waals surface area (Å²) < 4.78 is 27.2. The van der Waals surface area contributed by atoms with Crippen LogP contribution in [0.25, 0.3) is 0 Å². The quantitative estimate of drug-likeness (QED) is 0.850. The molecule has 6 nitrogen and oxygen atoms in total. The first kappa shape index (κ1) is 16.4. The minimum absolute atomic E-state index is 0. The van der Waals surface area contributed by atoms with Gasteiger partial charge in [0.05, 0.1) is 11.9 Å². The van der Waals surface area contributed by atoms with Gasteiger partial charge in [0.25, 0.3) is 0 Å². The number of likely N-dealkylation sites (N-methyl/N-ethyl adjacent to an activating group) is 1. The van der Waals surface area contributed by atoms with Crippen molar-refractivity contribution in [3.63, 3.8) is 0 Å². The average Bonchev–Trinajstić information content (AvgIpc) is 2.58. The first-order chi connectivity index (χ1) is 7.32. The van der Waals surface area contributed by atoms with Crippen LogP contribution in [0.3, 0.4) is 0 Å². The van der Waals surface area contributed by atoms with E-state index in [9.17, 15) is 8.42 Å². The van der Waals surface area contributed by atoms with Crippen LogP contribution in [-0.4, -0.2) is 42.1 Å². The van der Waals surface area contributed by atoms with E-state index in [-0.39, 0.29) is 29.9 Å². The van der Waals surface area contributed by atoms with E-state index in [1.807, 2.05) is 0 Å². The summed E-state index contributed by atoms with van der Waals surface area (Å²) in [6.45, 7) is 3.78. The van der Waals surface area contributed by atoms with Crippen molar-refractivity contribution in [1.82, 2.24) is 14.1 Å². The van der Waals surface area contributed by atoms with Gasteiger partial charge in [0.1, 0.15) is 4.90 Å². The van der Waals surface area contributed by atoms with E-state index in [0.717, 1.165) is 0 Å². The number of rotatable bonds is 4. The maximum Gasteiger partial charge on any atom is 0.246 e. The Bertz CT molecular complexity index is 471. The van der Waals surface area contributed by atoms with Gasteiger partial charge in [0.2, 0.25) is 10.0 Å². The summed E-state index contributed by atoms with van der Waals surface area (Å²) in [7, 11) is -0.254. The van der Waals surface area contributed by atoms with Crippen molar-refractivity contribution in [1.29, 1.82) is 0 Å². The third-order valence-corrected chi connectivity index (χ3v) is 4.88. The van der Waals surface area contributed by atoms with Crippen molar-refractivity contribution in [2.45, 2.75) is 24.8 Å². The second-order valence-electron chi connectivity index (χ2n) is 3.82. The topological polar surface area (TPSA) is 81.2 Å². The molecule has 0 aliphatic rings.